The van der Waals surface area contributed by atoms with Crippen molar-refractivity contribution < 1.29 is 4.74 Å². The van der Waals surface area contributed by atoms with E-state index in [-0.39, 0.29) is 6.04 Å². The molecule has 0 aliphatic carbocycles. The molecule has 3 heteroatoms. The van der Waals surface area contributed by atoms with Crippen molar-refractivity contribution in [3.8, 4) is 11.8 Å². The van der Waals surface area contributed by atoms with Crippen LogP contribution < -0.4 is 10.1 Å². The first-order valence-electron chi connectivity index (χ1n) is 5.60. The lowest BCUT2D eigenvalue weighted by atomic mass is 10.1. The van der Waals surface area contributed by atoms with Gasteiger partial charge in [-0.25, -0.2) is 0 Å². The number of hydrogen-bond acceptors (Lipinski definition) is 3. The fourth-order valence-corrected chi connectivity index (χ4v) is 1.49. The molecule has 0 saturated carbocycles. The van der Waals surface area contributed by atoms with Crippen molar-refractivity contribution in [2.75, 3.05) is 12.4 Å². The van der Waals surface area contributed by atoms with Crippen LogP contribution in [0.1, 0.15) is 26.2 Å². The molecule has 1 atom stereocenters. The normalized spacial score (nSPS) is 11.6. The first-order valence-corrected chi connectivity index (χ1v) is 5.60. The number of methoxy groups -OCH3 is 1. The van der Waals surface area contributed by atoms with Gasteiger partial charge in [0.05, 0.1) is 13.2 Å². The van der Waals surface area contributed by atoms with E-state index in [1.54, 1.807) is 7.11 Å². The minimum atomic E-state index is -0.118. The Morgan fingerprint density at radius 2 is 2.31 bits per heavy atom. The lowest BCUT2D eigenvalue weighted by Crippen LogP contribution is -2.16. The van der Waals surface area contributed by atoms with Gasteiger partial charge >= 0.3 is 0 Å². The highest BCUT2D eigenvalue weighted by Gasteiger charge is 2.06. The van der Waals surface area contributed by atoms with E-state index in [0.29, 0.717) is 0 Å². The summed E-state index contributed by atoms with van der Waals surface area (Å²) in [7, 11) is 1.64. The Bertz CT molecular complexity index is 357. The molecule has 0 heterocycles. The summed E-state index contributed by atoms with van der Waals surface area (Å²) in [5.74, 6) is 0.803. The number of nitrogens with one attached hydrogen (secondary N) is 1. The second kappa shape index (κ2) is 6.73. The molecule has 1 aromatic rings. The standard InChI is InChI=1S/C13H18N2O/c1-3-4-6-12(10-14)15-11-7-5-8-13(9-11)16-2/h5,7-9,12,15H,3-4,6H2,1-2H3. The first kappa shape index (κ1) is 12.4. The van der Waals surface area contributed by atoms with Crippen molar-refractivity contribution in [1.29, 1.82) is 5.26 Å². The molecule has 0 saturated heterocycles. The lowest BCUT2D eigenvalue weighted by molar-refractivity contribution is 0.415. The largest absolute Gasteiger partial charge is 0.497 e. The van der Waals surface area contributed by atoms with Gasteiger partial charge in [0.25, 0.3) is 0 Å². The summed E-state index contributed by atoms with van der Waals surface area (Å²) in [6.07, 6.45) is 3.05. The second-order valence-electron chi connectivity index (χ2n) is 3.70. The zero-order valence-electron chi connectivity index (χ0n) is 9.86. The molecular weight excluding hydrogens is 200 g/mol. The Balaban J connectivity index is 2.59. The van der Waals surface area contributed by atoms with Crippen molar-refractivity contribution in [2.24, 2.45) is 0 Å². The van der Waals surface area contributed by atoms with E-state index in [2.05, 4.69) is 18.3 Å². The molecule has 0 fully saturated rings. The quantitative estimate of drug-likeness (QED) is 0.797. The third kappa shape index (κ3) is 3.82. The van der Waals surface area contributed by atoms with Crippen LogP contribution in [-0.4, -0.2) is 13.2 Å². The van der Waals surface area contributed by atoms with Crippen LogP contribution in [0.5, 0.6) is 5.75 Å². The van der Waals surface area contributed by atoms with Crippen LogP contribution in [0.15, 0.2) is 24.3 Å². The molecule has 0 bridgehead atoms. The van der Waals surface area contributed by atoms with Gasteiger partial charge in [0.15, 0.2) is 0 Å². The summed E-state index contributed by atoms with van der Waals surface area (Å²) in [6.45, 7) is 2.12. The molecular formula is C13H18N2O. The van der Waals surface area contributed by atoms with Crippen LogP contribution >= 0.6 is 0 Å². The number of ether oxygens (including phenoxy) is 1. The van der Waals surface area contributed by atoms with Crippen molar-refractivity contribution in [3.05, 3.63) is 24.3 Å². The fraction of sp³-hybridized carbons (Fsp3) is 0.462. The summed E-state index contributed by atoms with van der Waals surface area (Å²) < 4.78 is 5.13. The summed E-state index contributed by atoms with van der Waals surface area (Å²) in [5.41, 5.74) is 0.932. The molecule has 3 nitrogen and oxygen atoms in total. The molecule has 0 aromatic heterocycles. The zero-order valence-corrected chi connectivity index (χ0v) is 9.86. The highest BCUT2D eigenvalue weighted by molar-refractivity contribution is 5.49. The molecule has 0 radical (unpaired) electrons. The molecule has 1 unspecified atom stereocenters. The number of rotatable bonds is 6. The molecule has 1 N–H and O–H groups in total. The van der Waals surface area contributed by atoms with Gasteiger partial charge in [-0.05, 0) is 18.6 Å². The Morgan fingerprint density at radius 1 is 1.50 bits per heavy atom. The summed E-state index contributed by atoms with van der Waals surface area (Å²) in [4.78, 5) is 0. The molecule has 0 amide bonds. The molecule has 1 aromatic carbocycles. The van der Waals surface area contributed by atoms with E-state index >= 15 is 0 Å². The van der Waals surface area contributed by atoms with Crippen molar-refractivity contribution in [2.45, 2.75) is 32.2 Å². The van der Waals surface area contributed by atoms with Crippen molar-refractivity contribution in [1.82, 2.24) is 0 Å². The number of unbranched alkanes of at least 4 members (excludes halogenated alkanes) is 1. The van der Waals surface area contributed by atoms with Crippen LogP contribution in [0.3, 0.4) is 0 Å². The Kier molecular flexibility index (Phi) is 5.21. The lowest BCUT2D eigenvalue weighted by Gasteiger charge is -2.13. The van der Waals surface area contributed by atoms with Crippen LogP contribution in [0, 0.1) is 11.3 Å². The predicted octanol–water partition coefficient (Wildman–Crippen LogP) is 3.19. The molecule has 0 aliphatic rings. The number of nitrogens with zero attached hydrogens (tertiary/aromatic N) is 1. The average molecular weight is 218 g/mol. The summed E-state index contributed by atoms with van der Waals surface area (Å²) in [5, 5.41) is 12.2. The maximum absolute atomic E-state index is 9.00. The fourth-order valence-electron chi connectivity index (χ4n) is 1.49. The van der Waals surface area contributed by atoms with Gasteiger partial charge in [0.1, 0.15) is 11.8 Å². The molecule has 16 heavy (non-hydrogen) atoms. The number of hydrogen-bond donors (Lipinski definition) is 1. The van der Waals surface area contributed by atoms with Crippen molar-refractivity contribution >= 4 is 5.69 Å². The monoisotopic (exact) mass is 218 g/mol. The predicted molar refractivity (Wildman–Crippen MR) is 65.5 cm³/mol. The van der Waals surface area contributed by atoms with E-state index in [4.69, 9.17) is 10.00 Å². The summed E-state index contributed by atoms with van der Waals surface area (Å²) in [6, 6.07) is 9.79. The van der Waals surface area contributed by atoms with Gasteiger partial charge in [0, 0.05) is 11.8 Å². The van der Waals surface area contributed by atoms with Gasteiger partial charge < -0.3 is 10.1 Å². The van der Waals surface area contributed by atoms with Crippen LogP contribution in [-0.2, 0) is 0 Å². The van der Waals surface area contributed by atoms with Crippen LogP contribution in [0.25, 0.3) is 0 Å². The Morgan fingerprint density at radius 3 is 2.94 bits per heavy atom. The van der Waals surface area contributed by atoms with Gasteiger partial charge in [0.2, 0.25) is 0 Å². The Hall–Kier alpha value is -1.69. The van der Waals surface area contributed by atoms with E-state index in [1.165, 1.54) is 0 Å². The maximum atomic E-state index is 9.00. The minimum absolute atomic E-state index is 0.118. The first-order chi connectivity index (χ1) is 7.80. The molecule has 86 valence electrons. The van der Waals surface area contributed by atoms with E-state index < -0.39 is 0 Å². The van der Waals surface area contributed by atoms with Gasteiger partial charge in [-0.1, -0.05) is 25.8 Å². The van der Waals surface area contributed by atoms with Gasteiger partial charge in [-0.2, -0.15) is 5.26 Å². The minimum Gasteiger partial charge on any atom is -0.497 e. The highest BCUT2D eigenvalue weighted by atomic mass is 16.5. The van der Waals surface area contributed by atoms with Crippen molar-refractivity contribution in [3.63, 3.8) is 0 Å². The van der Waals surface area contributed by atoms with E-state index in [9.17, 15) is 0 Å². The molecule has 0 aliphatic heterocycles. The van der Waals surface area contributed by atoms with Gasteiger partial charge in [-0.3, -0.25) is 0 Å². The smallest absolute Gasteiger partial charge is 0.120 e. The van der Waals surface area contributed by atoms with E-state index in [1.807, 2.05) is 24.3 Å². The topological polar surface area (TPSA) is 45.0 Å². The third-order valence-electron chi connectivity index (χ3n) is 2.41. The third-order valence-corrected chi connectivity index (χ3v) is 2.41. The number of anilines is 1. The van der Waals surface area contributed by atoms with Crippen LogP contribution in [0.4, 0.5) is 5.69 Å². The van der Waals surface area contributed by atoms with E-state index in [0.717, 1.165) is 30.7 Å². The SMILES string of the molecule is CCCCC(C#N)Nc1cccc(OC)c1. The summed E-state index contributed by atoms with van der Waals surface area (Å²) >= 11 is 0. The average Bonchev–Trinajstić information content (AvgIpc) is 2.34. The zero-order chi connectivity index (χ0) is 11.8. The number of benzene rings is 1. The van der Waals surface area contributed by atoms with Gasteiger partial charge in [-0.15, -0.1) is 0 Å². The molecule has 0 spiro atoms. The van der Waals surface area contributed by atoms with Crippen LogP contribution in [0.2, 0.25) is 0 Å². The number of nitriles is 1. The second-order valence-corrected chi connectivity index (χ2v) is 3.70. The molecule has 1 rings (SSSR count). The maximum Gasteiger partial charge on any atom is 0.120 e. The Labute approximate surface area is 97.0 Å². The highest BCUT2D eigenvalue weighted by Crippen LogP contribution is 2.18.